The van der Waals surface area contributed by atoms with Gasteiger partial charge in [-0.15, -0.1) is 0 Å². The zero-order chi connectivity index (χ0) is 18.8. The van der Waals surface area contributed by atoms with Gasteiger partial charge in [0.25, 0.3) is 0 Å². The zero-order valence-corrected chi connectivity index (χ0v) is 15.7. The summed E-state index contributed by atoms with van der Waals surface area (Å²) in [6, 6.07) is 3.95. The van der Waals surface area contributed by atoms with Crippen molar-refractivity contribution in [2.45, 2.75) is 18.9 Å². The van der Waals surface area contributed by atoms with Crippen molar-refractivity contribution in [2.24, 2.45) is 7.05 Å². The highest BCUT2D eigenvalue weighted by Crippen LogP contribution is 2.41. The zero-order valence-electron chi connectivity index (χ0n) is 15.7. The van der Waals surface area contributed by atoms with Crippen LogP contribution in [-0.2, 0) is 7.05 Å². The summed E-state index contributed by atoms with van der Waals surface area (Å²) < 4.78 is 7.00. The second kappa shape index (κ2) is 7.33. The number of nitro benzene ring substituents is 1. The number of aromatic nitrogens is 2. The molecule has 1 aliphatic heterocycles. The van der Waals surface area contributed by atoms with E-state index in [1.807, 2.05) is 13.2 Å². The second-order valence-corrected chi connectivity index (χ2v) is 6.88. The average Bonchev–Trinajstić information content (AvgIpc) is 3.06. The van der Waals surface area contributed by atoms with Crippen LogP contribution in [0.5, 0.6) is 5.75 Å². The summed E-state index contributed by atoms with van der Waals surface area (Å²) in [6.07, 6.45) is 5.72. The standard InChI is InChI=1S/C18H25N5O3/c1-20(2)14-5-7-22(8-6-14)16-10-18(26-4)17(23(24)25)9-15(16)13-11-19-21(3)12-13/h9-12,14H,5-8H2,1-4H3. The Labute approximate surface area is 153 Å². The van der Waals surface area contributed by atoms with Crippen molar-refractivity contribution >= 4 is 11.4 Å². The predicted molar refractivity (Wildman–Crippen MR) is 101 cm³/mol. The van der Waals surface area contributed by atoms with Crippen molar-refractivity contribution < 1.29 is 9.66 Å². The smallest absolute Gasteiger partial charge is 0.311 e. The maximum absolute atomic E-state index is 11.5. The molecular formula is C18H25N5O3. The fourth-order valence-corrected chi connectivity index (χ4v) is 3.54. The third-order valence-electron chi connectivity index (χ3n) is 5.05. The maximum atomic E-state index is 11.5. The molecular weight excluding hydrogens is 334 g/mol. The Bertz CT molecular complexity index is 794. The quantitative estimate of drug-likeness (QED) is 0.603. The minimum absolute atomic E-state index is 0.0294. The summed E-state index contributed by atoms with van der Waals surface area (Å²) in [5.41, 5.74) is 2.60. The van der Waals surface area contributed by atoms with Gasteiger partial charge in [0, 0.05) is 61.3 Å². The molecule has 2 heterocycles. The summed E-state index contributed by atoms with van der Waals surface area (Å²) in [6.45, 7) is 1.80. The number of rotatable bonds is 5. The Morgan fingerprint density at radius 3 is 2.50 bits per heavy atom. The number of ether oxygens (including phenoxy) is 1. The Kier molecular flexibility index (Phi) is 5.13. The van der Waals surface area contributed by atoms with Crippen molar-refractivity contribution in [3.05, 3.63) is 34.6 Å². The van der Waals surface area contributed by atoms with Gasteiger partial charge in [0.05, 0.1) is 18.2 Å². The van der Waals surface area contributed by atoms with Crippen molar-refractivity contribution in [1.82, 2.24) is 14.7 Å². The van der Waals surface area contributed by atoms with Crippen LogP contribution in [0.1, 0.15) is 12.8 Å². The van der Waals surface area contributed by atoms with E-state index in [9.17, 15) is 10.1 Å². The molecule has 3 rings (SSSR count). The summed E-state index contributed by atoms with van der Waals surface area (Å²) in [5, 5.41) is 15.7. The Morgan fingerprint density at radius 2 is 2.00 bits per heavy atom. The molecule has 0 amide bonds. The van der Waals surface area contributed by atoms with E-state index in [0.29, 0.717) is 6.04 Å². The first-order chi connectivity index (χ1) is 12.4. The molecule has 8 nitrogen and oxygen atoms in total. The van der Waals surface area contributed by atoms with Gasteiger partial charge >= 0.3 is 5.69 Å². The van der Waals surface area contributed by atoms with E-state index < -0.39 is 4.92 Å². The van der Waals surface area contributed by atoms with Gasteiger partial charge in [0.1, 0.15) is 0 Å². The Morgan fingerprint density at radius 1 is 1.31 bits per heavy atom. The fourth-order valence-electron chi connectivity index (χ4n) is 3.54. The number of methoxy groups -OCH3 is 1. The Balaban J connectivity index is 2.04. The van der Waals surface area contributed by atoms with E-state index >= 15 is 0 Å². The minimum atomic E-state index is -0.402. The minimum Gasteiger partial charge on any atom is -0.490 e. The largest absolute Gasteiger partial charge is 0.490 e. The van der Waals surface area contributed by atoms with Crippen molar-refractivity contribution in [2.75, 3.05) is 39.2 Å². The van der Waals surface area contributed by atoms with E-state index in [0.717, 1.165) is 42.7 Å². The molecule has 0 saturated carbocycles. The monoisotopic (exact) mass is 359 g/mol. The molecule has 1 aliphatic rings. The van der Waals surface area contributed by atoms with E-state index in [2.05, 4.69) is 29.0 Å². The molecule has 1 aromatic heterocycles. The first-order valence-electron chi connectivity index (χ1n) is 8.67. The van der Waals surface area contributed by atoms with Crippen LogP contribution in [0.2, 0.25) is 0 Å². The second-order valence-electron chi connectivity index (χ2n) is 6.88. The summed E-state index contributed by atoms with van der Waals surface area (Å²) >= 11 is 0. The number of hydrogen-bond acceptors (Lipinski definition) is 6. The molecule has 0 radical (unpaired) electrons. The van der Waals surface area contributed by atoms with Gasteiger partial charge in [-0.3, -0.25) is 14.8 Å². The van der Waals surface area contributed by atoms with Crippen molar-refractivity contribution in [1.29, 1.82) is 0 Å². The number of aryl methyl sites for hydroxylation is 1. The van der Waals surface area contributed by atoms with Crippen molar-refractivity contribution in [3.8, 4) is 16.9 Å². The first-order valence-corrected chi connectivity index (χ1v) is 8.67. The lowest BCUT2D eigenvalue weighted by Gasteiger charge is -2.37. The van der Waals surface area contributed by atoms with Gasteiger partial charge in [-0.1, -0.05) is 0 Å². The van der Waals surface area contributed by atoms with Gasteiger partial charge in [0.2, 0.25) is 0 Å². The molecule has 0 atom stereocenters. The van der Waals surface area contributed by atoms with Crippen LogP contribution >= 0.6 is 0 Å². The van der Waals surface area contributed by atoms with Crippen LogP contribution in [-0.4, -0.2) is 59.9 Å². The van der Waals surface area contributed by atoms with Gasteiger partial charge in [-0.25, -0.2) is 0 Å². The highest BCUT2D eigenvalue weighted by Gasteiger charge is 2.26. The SMILES string of the molecule is COc1cc(N2CCC(N(C)C)CC2)c(-c2cnn(C)c2)cc1[N+](=O)[O-]. The molecule has 1 fully saturated rings. The number of anilines is 1. The van der Waals surface area contributed by atoms with E-state index in [1.54, 1.807) is 23.0 Å². The van der Waals surface area contributed by atoms with Crippen molar-refractivity contribution in [3.63, 3.8) is 0 Å². The lowest BCUT2D eigenvalue weighted by atomic mass is 9.99. The van der Waals surface area contributed by atoms with Crippen LogP contribution < -0.4 is 9.64 Å². The molecule has 0 spiro atoms. The summed E-state index contributed by atoms with van der Waals surface area (Å²) in [4.78, 5) is 15.6. The topological polar surface area (TPSA) is 76.7 Å². The van der Waals surface area contributed by atoms with Crippen LogP contribution in [0.15, 0.2) is 24.5 Å². The first kappa shape index (κ1) is 18.2. The molecule has 2 aromatic rings. The molecule has 8 heteroatoms. The van der Waals surface area contributed by atoms with Gasteiger partial charge in [-0.2, -0.15) is 5.10 Å². The van der Waals surface area contributed by atoms with Gasteiger partial charge in [0.15, 0.2) is 5.75 Å². The number of hydrogen-bond donors (Lipinski definition) is 0. The normalized spacial score (nSPS) is 15.5. The molecule has 0 N–H and O–H groups in total. The van der Waals surface area contributed by atoms with Gasteiger partial charge < -0.3 is 14.5 Å². The summed E-state index contributed by atoms with van der Waals surface area (Å²) in [5.74, 6) is 0.285. The number of piperidine rings is 1. The molecule has 140 valence electrons. The highest BCUT2D eigenvalue weighted by molar-refractivity contribution is 5.82. The van der Waals surface area contributed by atoms with Crippen LogP contribution in [0.4, 0.5) is 11.4 Å². The number of benzene rings is 1. The number of nitro groups is 1. The lowest BCUT2D eigenvalue weighted by Crippen LogP contribution is -2.42. The van der Waals surface area contributed by atoms with E-state index in [-0.39, 0.29) is 11.4 Å². The van der Waals surface area contributed by atoms with E-state index in [1.165, 1.54) is 7.11 Å². The molecule has 0 unspecified atom stereocenters. The van der Waals surface area contributed by atoms with E-state index in [4.69, 9.17) is 4.74 Å². The molecule has 26 heavy (non-hydrogen) atoms. The van der Waals surface area contributed by atoms with Crippen LogP contribution in [0, 0.1) is 10.1 Å². The third kappa shape index (κ3) is 3.50. The predicted octanol–water partition coefficient (Wildman–Crippen LogP) is 2.53. The molecule has 0 bridgehead atoms. The van der Waals surface area contributed by atoms with Crippen LogP contribution in [0.25, 0.3) is 11.1 Å². The maximum Gasteiger partial charge on any atom is 0.311 e. The highest BCUT2D eigenvalue weighted by atomic mass is 16.6. The fraction of sp³-hybridized carbons (Fsp3) is 0.500. The molecule has 0 aliphatic carbocycles. The molecule has 1 aromatic carbocycles. The Hall–Kier alpha value is -2.61. The van der Waals surface area contributed by atoms with Crippen LogP contribution in [0.3, 0.4) is 0 Å². The summed E-state index contributed by atoms with van der Waals surface area (Å²) in [7, 11) is 7.52. The van der Waals surface area contributed by atoms with Gasteiger partial charge in [-0.05, 0) is 26.9 Å². The average molecular weight is 359 g/mol. The third-order valence-corrected chi connectivity index (χ3v) is 5.05. The molecule has 1 saturated heterocycles. The lowest BCUT2D eigenvalue weighted by molar-refractivity contribution is -0.385. The number of nitrogens with zero attached hydrogens (tertiary/aromatic N) is 5.